The fraction of sp³-hybridized carbons (Fsp3) is 0.538. The summed E-state index contributed by atoms with van der Waals surface area (Å²) in [5.41, 5.74) is 6.51. The minimum atomic E-state index is 0.310. The van der Waals surface area contributed by atoms with Crippen molar-refractivity contribution < 1.29 is 4.52 Å². The summed E-state index contributed by atoms with van der Waals surface area (Å²) in [7, 11) is 0. The summed E-state index contributed by atoms with van der Waals surface area (Å²) in [6.45, 7) is 3.83. The molecule has 106 valence electrons. The van der Waals surface area contributed by atoms with E-state index in [9.17, 15) is 0 Å². The fourth-order valence-corrected chi connectivity index (χ4v) is 2.24. The van der Waals surface area contributed by atoms with E-state index in [2.05, 4.69) is 25.2 Å². The normalized spacial score (nSPS) is 16.6. The fourth-order valence-electron chi connectivity index (χ4n) is 2.24. The Morgan fingerprint density at radius 2 is 2.10 bits per heavy atom. The summed E-state index contributed by atoms with van der Waals surface area (Å²) < 4.78 is 5.15. The van der Waals surface area contributed by atoms with Crippen molar-refractivity contribution in [3.8, 4) is 11.6 Å². The molecule has 1 aliphatic heterocycles. The molecule has 0 bridgehead atoms. The summed E-state index contributed by atoms with van der Waals surface area (Å²) in [4.78, 5) is 6.44. The van der Waals surface area contributed by atoms with Crippen molar-refractivity contribution >= 4 is 5.82 Å². The van der Waals surface area contributed by atoms with Crippen molar-refractivity contribution in [2.75, 3.05) is 18.0 Å². The third kappa shape index (κ3) is 2.62. The second kappa shape index (κ2) is 5.54. The predicted octanol–water partition coefficient (Wildman–Crippen LogP) is 1.02. The Labute approximate surface area is 117 Å². The third-order valence-corrected chi connectivity index (χ3v) is 3.52. The molecule has 0 radical (unpaired) electrons. The summed E-state index contributed by atoms with van der Waals surface area (Å²) in [6.07, 6.45) is 2.73. The molecule has 1 saturated heterocycles. The Bertz CT molecular complexity index is 558. The number of rotatable bonds is 3. The average Bonchev–Trinajstić information content (AvgIpc) is 2.97. The lowest BCUT2D eigenvalue weighted by Crippen LogP contribution is -2.40. The first-order valence-corrected chi connectivity index (χ1v) is 6.93. The van der Waals surface area contributed by atoms with Gasteiger partial charge in [0.1, 0.15) is 0 Å². The van der Waals surface area contributed by atoms with E-state index in [0.29, 0.717) is 23.5 Å². The van der Waals surface area contributed by atoms with Crippen LogP contribution in [0.4, 0.5) is 5.82 Å². The van der Waals surface area contributed by atoms with Crippen LogP contribution in [0.25, 0.3) is 11.6 Å². The summed E-state index contributed by atoms with van der Waals surface area (Å²) in [6, 6.07) is 4.11. The standard InChI is InChI=1S/C13H18N6O/c1-2-11-15-13(20-18-11)10-3-4-12(17-16-10)19-7-5-9(14)6-8-19/h3-4,9H,2,5-8,14H2,1H3. The molecule has 3 rings (SSSR count). The molecule has 7 heteroatoms. The van der Waals surface area contributed by atoms with Gasteiger partial charge >= 0.3 is 0 Å². The molecule has 1 fully saturated rings. The molecule has 20 heavy (non-hydrogen) atoms. The first kappa shape index (κ1) is 13.0. The van der Waals surface area contributed by atoms with E-state index in [0.717, 1.165) is 38.2 Å². The van der Waals surface area contributed by atoms with Crippen molar-refractivity contribution in [3.05, 3.63) is 18.0 Å². The Morgan fingerprint density at radius 1 is 1.30 bits per heavy atom. The van der Waals surface area contributed by atoms with Crippen LogP contribution >= 0.6 is 0 Å². The smallest absolute Gasteiger partial charge is 0.278 e. The van der Waals surface area contributed by atoms with Gasteiger partial charge in [-0.2, -0.15) is 4.98 Å². The van der Waals surface area contributed by atoms with Crippen LogP contribution in [0, 0.1) is 0 Å². The molecule has 0 aliphatic carbocycles. The van der Waals surface area contributed by atoms with Crippen molar-refractivity contribution in [2.45, 2.75) is 32.2 Å². The van der Waals surface area contributed by atoms with E-state index in [4.69, 9.17) is 10.3 Å². The van der Waals surface area contributed by atoms with Crippen LogP contribution < -0.4 is 10.6 Å². The van der Waals surface area contributed by atoms with Crippen LogP contribution in [0.1, 0.15) is 25.6 Å². The molecule has 0 unspecified atom stereocenters. The van der Waals surface area contributed by atoms with Crippen molar-refractivity contribution in [1.82, 2.24) is 20.3 Å². The second-order valence-electron chi connectivity index (χ2n) is 4.97. The zero-order valence-electron chi connectivity index (χ0n) is 11.5. The molecule has 0 atom stereocenters. The predicted molar refractivity (Wildman–Crippen MR) is 74.1 cm³/mol. The lowest BCUT2D eigenvalue weighted by atomic mass is 10.1. The zero-order valence-corrected chi connectivity index (χ0v) is 11.5. The summed E-state index contributed by atoms with van der Waals surface area (Å²) in [5.74, 6) is 1.97. The number of nitrogens with two attached hydrogens (primary N) is 1. The van der Waals surface area contributed by atoms with Crippen molar-refractivity contribution in [1.29, 1.82) is 0 Å². The number of anilines is 1. The third-order valence-electron chi connectivity index (χ3n) is 3.52. The van der Waals surface area contributed by atoms with Crippen LogP contribution in [0.15, 0.2) is 16.7 Å². The van der Waals surface area contributed by atoms with Gasteiger partial charge < -0.3 is 15.2 Å². The monoisotopic (exact) mass is 274 g/mol. The van der Waals surface area contributed by atoms with Gasteiger partial charge in [-0.1, -0.05) is 12.1 Å². The number of nitrogens with zero attached hydrogens (tertiary/aromatic N) is 5. The quantitative estimate of drug-likeness (QED) is 0.892. The largest absolute Gasteiger partial charge is 0.355 e. The first-order chi connectivity index (χ1) is 9.76. The van der Waals surface area contributed by atoms with E-state index < -0.39 is 0 Å². The van der Waals surface area contributed by atoms with Gasteiger partial charge in [0, 0.05) is 25.6 Å². The lowest BCUT2D eigenvalue weighted by molar-refractivity contribution is 0.421. The topological polar surface area (TPSA) is 94.0 Å². The van der Waals surface area contributed by atoms with E-state index in [-0.39, 0.29) is 0 Å². The number of aromatic nitrogens is 4. The van der Waals surface area contributed by atoms with Crippen molar-refractivity contribution in [3.63, 3.8) is 0 Å². The number of piperidine rings is 1. The van der Waals surface area contributed by atoms with E-state index in [1.54, 1.807) is 0 Å². The molecule has 1 aliphatic rings. The van der Waals surface area contributed by atoms with Gasteiger partial charge in [-0.25, -0.2) is 0 Å². The zero-order chi connectivity index (χ0) is 13.9. The van der Waals surface area contributed by atoms with Gasteiger partial charge in [0.15, 0.2) is 17.3 Å². The average molecular weight is 274 g/mol. The van der Waals surface area contributed by atoms with Gasteiger partial charge in [0.2, 0.25) is 0 Å². The number of hydrogen-bond acceptors (Lipinski definition) is 7. The molecule has 0 aromatic carbocycles. The molecule has 0 spiro atoms. The SMILES string of the molecule is CCc1noc(-c2ccc(N3CCC(N)CC3)nn2)n1. The molecule has 2 aromatic rings. The van der Waals surface area contributed by atoms with E-state index in [1.807, 2.05) is 19.1 Å². The molecule has 7 nitrogen and oxygen atoms in total. The Kier molecular flexibility index (Phi) is 3.60. The Morgan fingerprint density at radius 3 is 2.70 bits per heavy atom. The highest BCUT2D eigenvalue weighted by molar-refractivity contribution is 5.49. The van der Waals surface area contributed by atoms with Gasteiger partial charge in [0.05, 0.1) is 0 Å². The lowest BCUT2D eigenvalue weighted by Gasteiger charge is -2.30. The molecule has 3 heterocycles. The van der Waals surface area contributed by atoms with Gasteiger partial charge in [-0.3, -0.25) is 0 Å². The highest BCUT2D eigenvalue weighted by atomic mass is 16.5. The van der Waals surface area contributed by atoms with Crippen LogP contribution in [0.2, 0.25) is 0 Å². The maximum atomic E-state index is 5.90. The second-order valence-corrected chi connectivity index (χ2v) is 4.97. The van der Waals surface area contributed by atoms with E-state index in [1.165, 1.54) is 0 Å². The minimum absolute atomic E-state index is 0.310. The van der Waals surface area contributed by atoms with Gasteiger partial charge in [0.25, 0.3) is 5.89 Å². The van der Waals surface area contributed by atoms with Gasteiger partial charge in [-0.05, 0) is 25.0 Å². The molecule has 2 N–H and O–H groups in total. The highest BCUT2D eigenvalue weighted by Gasteiger charge is 2.18. The molecule has 2 aromatic heterocycles. The highest BCUT2D eigenvalue weighted by Crippen LogP contribution is 2.19. The number of aryl methyl sites for hydroxylation is 1. The molecule has 0 saturated carbocycles. The minimum Gasteiger partial charge on any atom is -0.355 e. The Hall–Kier alpha value is -2.02. The van der Waals surface area contributed by atoms with Gasteiger partial charge in [-0.15, -0.1) is 10.2 Å². The Balaban J connectivity index is 1.74. The van der Waals surface area contributed by atoms with Crippen molar-refractivity contribution in [2.24, 2.45) is 5.73 Å². The summed E-state index contributed by atoms with van der Waals surface area (Å²) >= 11 is 0. The first-order valence-electron chi connectivity index (χ1n) is 6.93. The number of hydrogen-bond donors (Lipinski definition) is 1. The summed E-state index contributed by atoms with van der Waals surface area (Å²) in [5, 5.41) is 12.3. The molecular formula is C13H18N6O. The molecular weight excluding hydrogens is 256 g/mol. The maximum absolute atomic E-state index is 5.90. The van der Waals surface area contributed by atoms with Crippen LogP contribution in [-0.2, 0) is 6.42 Å². The van der Waals surface area contributed by atoms with Crippen LogP contribution in [0.5, 0.6) is 0 Å². The molecule has 0 amide bonds. The van der Waals surface area contributed by atoms with E-state index >= 15 is 0 Å². The van der Waals surface area contributed by atoms with Crippen LogP contribution in [-0.4, -0.2) is 39.5 Å². The van der Waals surface area contributed by atoms with Crippen LogP contribution in [0.3, 0.4) is 0 Å². The maximum Gasteiger partial charge on any atom is 0.278 e.